The van der Waals surface area contributed by atoms with Crippen LogP contribution in [0.5, 0.6) is 5.75 Å². The zero-order valence-corrected chi connectivity index (χ0v) is 12.7. The molecule has 3 N–H and O–H groups in total. The van der Waals surface area contributed by atoms with Gasteiger partial charge in [0.25, 0.3) is 0 Å². The van der Waals surface area contributed by atoms with E-state index in [4.69, 9.17) is 10.6 Å². The first-order valence-electron chi connectivity index (χ1n) is 6.56. The van der Waals surface area contributed by atoms with Crippen molar-refractivity contribution in [3.05, 3.63) is 29.3 Å². The fourth-order valence-electron chi connectivity index (χ4n) is 2.56. The SMILES string of the molecule is COc1ccc(C)cc1C(NN)C1CSCCN1C. The highest BCUT2D eigenvalue weighted by molar-refractivity contribution is 7.99. The predicted octanol–water partition coefficient (Wildman–Crippen LogP) is 1.56. The third-order valence-corrected chi connectivity index (χ3v) is 4.78. The Morgan fingerprint density at radius 2 is 2.32 bits per heavy atom. The maximum atomic E-state index is 5.83. The summed E-state index contributed by atoms with van der Waals surface area (Å²) < 4.78 is 5.49. The van der Waals surface area contributed by atoms with E-state index in [1.807, 2.05) is 17.8 Å². The second kappa shape index (κ2) is 6.61. The summed E-state index contributed by atoms with van der Waals surface area (Å²) in [5.74, 6) is 9.01. The molecular formula is C14H23N3OS. The van der Waals surface area contributed by atoms with Gasteiger partial charge in [0, 0.05) is 29.7 Å². The molecule has 106 valence electrons. The number of hydrogen-bond acceptors (Lipinski definition) is 5. The van der Waals surface area contributed by atoms with Gasteiger partial charge in [-0.15, -0.1) is 0 Å². The molecule has 1 heterocycles. The number of hydrogen-bond donors (Lipinski definition) is 2. The molecule has 0 amide bonds. The molecule has 19 heavy (non-hydrogen) atoms. The largest absolute Gasteiger partial charge is 0.496 e. The summed E-state index contributed by atoms with van der Waals surface area (Å²) in [7, 11) is 3.87. The lowest BCUT2D eigenvalue weighted by molar-refractivity contribution is 0.213. The van der Waals surface area contributed by atoms with Gasteiger partial charge < -0.3 is 4.74 Å². The van der Waals surface area contributed by atoms with E-state index in [2.05, 4.69) is 36.4 Å². The fraction of sp³-hybridized carbons (Fsp3) is 0.571. The molecule has 0 saturated carbocycles. The molecule has 4 nitrogen and oxygen atoms in total. The van der Waals surface area contributed by atoms with Crippen LogP contribution in [0.15, 0.2) is 18.2 Å². The van der Waals surface area contributed by atoms with Crippen LogP contribution in [0.4, 0.5) is 0 Å². The third kappa shape index (κ3) is 3.23. The van der Waals surface area contributed by atoms with E-state index in [9.17, 15) is 0 Å². The van der Waals surface area contributed by atoms with Gasteiger partial charge in [-0.2, -0.15) is 11.8 Å². The molecule has 0 aromatic heterocycles. The lowest BCUT2D eigenvalue weighted by atomic mass is 9.97. The van der Waals surface area contributed by atoms with Gasteiger partial charge in [0.05, 0.1) is 13.2 Å². The normalized spacial score (nSPS) is 22.2. The number of aryl methyl sites for hydroxylation is 1. The van der Waals surface area contributed by atoms with Crippen LogP contribution in [0.2, 0.25) is 0 Å². The second-order valence-electron chi connectivity index (χ2n) is 5.01. The lowest BCUT2D eigenvalue weighted by Gasteiger charge is -2.38. The van der Waals surface area contributed by atoms with Crippen LogP contribution in [0.3, 0.4) is 0 Å². The Morgan fingerprint density at radius 1 is 1.53 bits per heavy atom. The van der Waals surface area contributed by atoms with Gasteiger partial charge >= 0.3 is 0 Å². The van der Waals surface area contributed by atoms with Crippen LogP contribution in [0.25, 0.3) is 0 Å². The average Bonchev–Trinajstić information content (AvgIpc) is 2.42. The van der Waals surface area contributed by atoms with Gasteiger partial charge in [0.1, 0.15) is 5.75 Å². The number of nitrogens with zero attached hydrogens (tertiary/aromatic N) is 1. The Hall–Kier alpha value is -0.750. The molecule has 0 spiro atoms. The van der Waals surface area contributed by atoms with Crippen LogP contribution >= 0.6 is 11.8 Å². The molecular weight excluding hydrogens is 258 g/mol. The molecule has 1 aliphatic rings. The highest BCUT2D eigenvalue weighted by atomic mass is 32.2. The topological polar surface area (TPSA) is 50.5 Å². The number of ether oxygens (including phenoxy) is 1. The Morgan fingerprint density at radius 3 is 2.95 bits per heavy atom. The smallest absolute Gasteiger partial charge is 0.123 e. The summed E-state index contributed by atoms with van der Waals surface area (Å²) in [5.41, 5.74) is 5.35. The summed E-state index contributed by atoms with van der Waals surface area (Å²) >= 11 is 1.98. The van der Waals surface area contributed by atoms with E-state index in [1.165, 1.54) is 11.3 Å². The van der Waals surface area contributed by atoms with E-state index in [0.29, 0.717) is 6.04 Å². The van der Waals surface area contributed by atoms with Crippen molar-refractivity contribution in [1.82, 2.24) is 10.3 Å². The number of nitrogens with one attached hydrogen (secondary N) is 1. The zero-order chi connectivity index (χ0) is 13.8. The van der Waals surface area contributed by atoms with Crippen molar-refractivity contribution in [2.75, 3.05) is 32.2 Å². The number of thioether (sulfide) groups is 1. The minimum atomic E-state index is 0.0904. The first kappa shape index (κ1) is 14.7. The van der Waals surface area contributed by atoms with Gasteiger partial charge in [-0.25, -0.2) is 0 Å². The average molecular weight is 281 g/mol. The van der Waals surface area contributed by atoms with Gasteiger partial charge in [-0.1, -0.05) is 17.7 Å². The van der Waals surface area contributed by atoms with Gasteiger partial charge in [-0.05, 0) is 20.0 Å². The molecule has 1 aromatic rings. The lowest BCUT2D eigenvalue weighted by Crippen LogP contribution is -2.49. The highest BCUT2D eigenvalue weighted by Gasteiger charge is 2.30. The summed E-state index contributed by atoms with van der Waals surface area (Å²) in [6, 6.07) is 6.73. The molecule has 2 rings (SSSR count). The minimum absolute atomic E-state index is 0.0904. The van der Waals surface area contributed by atoms with Crippen molar-refractivity contribution in [2.24, 2.45) is 5.84 Å². The number of methoxy groups -OCH3 is 1. The van der Waals surface area contributed by atoms with Crippen molar-refractivity contribution in [1.29, 1.82) is 0 Å². The van der Waals surface area contributed by atoms with E-state index >= 15 is 0 Å². The zero-order valence-electron chi connectivity index (χ0n) is 11.8. The summed E-state index contributed by atoms with van der Waals surface area (Å²) in [4.78, 5) is 2.38. The summed E-state index contributed by atoms with van der Waals surface area (Å²) in [6.07, 6.45) is 0. The molecule has 2 unspecified atom stereocenters. The highest BCUT2D eigenvalue weighted by Crippen LogP contribution is 2.32. The number of rotatable bonds is 4. The van der Waals surface area contributed by atoms with Crippen molar-refractivity contribution in [2.45, 2.75) is 19.0 Å². The van der Waals surface area contributed by atoms with Gasteiger partial charge in [0.2, 0.25) is 0 Å². The molecule has 1 aliphatic heterocycles. The maximum absolute atomic E-state index is 5.83. The molecule has 2 atom stereocenters. The third-order valence-electron chi connectivity index (χ3n) is 3.73. The van der Waals surface area contributed by atoms with Crippen LogP contribution in [-0.4, -0.2) is 43.1 Å². The quantitative estimate of drug-likeness (QED) is 0.648. The first-order chi connectivity index (χ1) is 9.17. The second-order valence-corrected chi connectivity index (χ2v) is 6.16. The van der Waals surface area contributed by atoms with Crippen LogP contribution in [0, 0.1) is 6.92 Å². The van der Waals surface area contributed by atoms with Crippen LogP contribution in [-0.2, 0) is 0 Å². The van der Waals surface area contributed by atoms with Gasteiger partial charge in [-0.3, -0.25) is 16.2 Å². The van der Waals surface area contributed by atoms with E-state index in [-0.39, 0.29) is 6.04 Å². The van der Waals surface area contributed by atoms with Crippen molar-refractivity contribution in [3.63, 3.8) is 0 Å². The molecule has 1 fully saturated rings. The number of benzene rings is 1. The predicted molar refractivity (Wildman–Crippen MR) is 81.5 cm³/mol. The first-order valence-corrected chi connectivity index (χ1v) is 7.71. The Kier molecular flexibility index (Phi) is 5.10. The Bertz CT molecular complexity index is 427. The standard InChI is InChI=1S/C14H23N3OS/c1-10-4-5-13(18-3)11(8-10)14(16-15)12-9-19-7-6-17(12)2/h4-5,8,12,14,16H,6-7,9,15H2,1-3H3. The van der Waals surface area contributed by atoms with Crippen molar-refractivity contribution in [3.8, 4) is 5.75 Å². The van der Waals surface area contributed by atoms with Gasteiger partial charge in [0.15, 0.2) is 0 Å². The number of hydrazine groups is 1. The van der Waals surface area contributed by atoms with Crippen molar-refractivity contribution < 1.29 is 4.74 Å². The minimum Gasteiger partial charge on any atom is -0.496 e. The summed E-state index contributed by atoms with van der Waals surface area (Å²) in [5, 5.41) is 0. The molecule has 0 radical (unpaired) electrons. The van der Waals surface area contributed by atoms with E-state index < -0.39 is 0 Å². The maximum Gasteiger partial charge on any atom is 0.123 e. The molecule has 1 saturated heterocycles. The molecule has 1 aromatic carbocycles. The van der Waals surface area contributed by atoms with Crippen LogP contribution in [0.1, 0.15) is 17.2 Å². The molecule has 0 bridgehead atoms. The Labute approximate surface area is 119 Å². The number of likely N-dealkylation sites (N-methyl/N-ethyl adjacent to an activating group) is 1. The molecule has 0 aliphatic carbocycles. The number of nitrogens with two attached hydrogens (primary N) is 1. The van der Waals surface area contributed by atoms with Crippen LogP contribution < -0.4 is 16.0 Å². The summed E-state index contributed by atoms with van der Waals surface area (Å²) in [6.45, 7) is 3.19. The molecule has 5 heteroatoms. The van der Waals surface area contributed by atoms with E-state index in [1.54, 1.807) is 7.11 Å². The monoisotopic (exact) mass is 281 g/mol. The van der Waals surface area contributed by atoms with Crippen molar-refractivity contribution >= 4 is 11.8 Å². The Balaban J connectivity index is 2.32. The fourth-order valence-corrected chi connectivity index (χ4v) is 3.83. The van der Waals surface area contributed by atoms with E-state index in [0.717, 1.165) is 23.6 Å².